The van der Waals surface area contributed by atoms with Crippen molar-refractivity contribution in [3.05, 3.63) is 88.0 Å². The zero-order valence-electron chi connectivity index (χ0n) is 21.6. The van der Waals surface area contributed by atoms with Crippen LogP contribution in [0.2, 0.25) is 0 Å². The summed E-state index contributed by atoms with van der Waals surface area (Å²) in [4.78, 5) is 29.2. The number of piperazine rings is 1. The predicted octanol–water partition coefficient (Wildman–Crippen LogP) is 3.84. The molecule has 3 aromatic carbocycles. The van der Waals surface area contributed by atoms with Crippen LogP contribution in [-0.2, 0) is 17.6 Å². The minimum Gasteiger partial charge on any atom is -0.497 e. The summed E-state index contributed by atoms with van der Waals surface area (Å²) in [5.74, 6) is 1.21. The smallest absolute Gasteiger partial charge is 0.269 e. The Morgan fingerprint density at radius 3 is 2.55 bits per heavy atom. The van der Waals surface area contributed by atoms with Gasteiger partial charge in [-0.15, -0.1) is 0 Å². The minimum absolute atomic E-state index is 0.0347. The Hall–Kier alpha value is -4.27. The molecular weight excluding hydrogens is 484 g/mol. The number of carbonyl (C=O) groups excluding carboxylic acids is 1. The predicted molar refractivity (Wildman–Crippen MR) is 146 cm³/mol. The Labute approximate surface area is 222 Å². The van der Waals surface area contributed by atoms with Gasteiger partial charge in [-0.1, -0.05) is 24.3 Å². The first-order chi connectivity index (χ1) is 18.5. The van der Waals surface area contributed by atoms with E-state index >= 15 is 0 Å². The van der Waals surface area contributed by atoms with Crippen LogP contribution in [0.5, 0.6) is 11.5 Å². The summed E-state index contributed by atoms with van der Waals surface area (Å²) in [6.45, 7) is 2.60. The van der Waals surface area contributed by atoms with Crippen molar-refractivity contribution < 1.29 is 19.2 Å². The highest BCUT2D eigenvalue weighted by molar-refractivity contribution is 5.82. The van der Waals surface area contributed by atoms with E-state index in [1.54, 1.807) is 26.4 Å². The second kappa shape index (κ2) is 11.0. The number of nitrogens with one attached hydrogen (secondary N) is 1. The highest BCUT2D eigenvalue weighted by atomic mass is 16.6. The largest absolute Gasteiger partial charge is 0.497 e. The number of fused-ring (bicyclic) bond motifs is 3. The molecule has 1 fully saturated rings. The van der Waals surface area contributed by atoms with Gasteiger partial charge in [0.1, 0.15) is 11.5 Å². The van der Waals surface area contributed by atoms with E-state index in [0.29, 0.717) is 32.5 Å². The molecule has 1 saturated heterocycles. The molecule has 9 heteroatoms. The lowest BCUT2D eigenvalue weighted by Crippen LogP contribution is -2.61. The third kappa shape index (κ3) is 5.09. The summed E-state index contributed by atoms with van der Waals surface area (Å²) in [6.07, 6.45) is 1.15. The van der Waals surface area contributed by atoms with Gasteiger partial charge in [0.05, 0.1) is 36.8 Å². The molecular formula is C29H32N4O5. The molecule has 2 atom stereocenters. The number of nitro groups is 1. The van der Waals surface area contributed by atoms with Crippen LogP contribution in [-0.4, -0.2) is 57.3 Å². The summed E-state index contributed by atoms with van der Waals surface area (Å²) < 4.78 is 10.8. The maximum Gasteiger partial charge on any atom is 0.269 e. The average Bonchev–Trinajstić information content (AvgIpc) is 2.96. The number of nitrogens with zero attached hydrogens (tertiary/aromatic N) is 3. The standard InChI is InChI=1S/C29H32N4O5/c1-37-23-10-7-20(8-11-23)13-14-30-29(34)24-18-21-17-22(33(35)36)9-12-25(21)32-16-15-31(19-27(24)32)26-5-3-4-6-28(26)38-2/h3-12,17,24,27H,13-16,18-19H2,1-2H3,(H,30,34)/t24-,27-/m0/s1. The van der Waals surface area contributed by atoms with Crippen LogP contribution in [0.4, 0.5) is 17.1 Å². The molecule has 0 saturated carbocycles. The van der Waals surface area contributed by atoms with Crippen molar-refractivity contribution in [2.24, 2.45) is 5.92 Å². The quantitative estimate of drug-likeness (QED) is 0.359. The third-order valence-corrected chi connectivity index (χ3v) is 7.54. The van der Waals surface area contributed by atoms with Gasteiger partial charge in [0.15, 0.2) is 0 Å². The monoisotopic (exact) mass is 516 g/mol. The number of non-ortho nitro benzene ring substituents is 1. The molecule has 0 aliphatic carbocycles. The Morgan fingerprint density at radius 1 is 1.03 bits per heavy atom. The van der Waals surface area contributed by atoms with Crippen LogP contribution >= 0.6 is 0 Å². The maximum atomic E-state index is 13.6. The summed E-state index contributed by atoms with van der Waals surface area (Å²) in [5, 5.41) is 14.6. The molecule has 38 heavy (non-hydrogen) atoms. The Morgan fingerprint density at radius 2 is 1.82 bits per heavy atom. The molecule has 0 bridgehead atoms. The number of amides is 1. The highest BCUT2D eigenvalue weighted by Crippen LogP contribution is 2.39. The molecule has 1 amide bonds. The molecule has 9 nitrogen and oxygen atoms in total. The van der Waals surface area contributed by atoms with Crippen molar-refractivity contribution in [2.45, 2.75) is 18.9 Å². The first-order valence-corrected chi connectivity index (χ1v) is 12.8. The second-order valence-corrected chi connectivity index (χ2v) is 9.65. The van der Waals surface area contributed by atoms with Crippen LogP contribution in [0, 0.1) is 16.0 Å². The lowest BCUT2D eigenvalue weighted by Gasteiger charge is -2.49. The van der Waals surface area contributed by atoms with Gasteiger partial charge in [-0.2, -0.15) is 0 Å². The van der Waals surface area contributed by atoms with Crippen LogP contribution in [0.25, 0.3) is 0 Å². The van der Waals surface area contributed by atoms with Crippen LogP contribution in [0.1, 0.15) is 11.1 Å². The summed E-state index contributed by atoms with van der Waals surface area (Å²) in [5.41, 5.74) is 3.98. The van der Waals surface area contributed by atoms with Gasteiger partial charge in [-0.3, -0.25) is 14.9 Å². The Kier molecular flexibility index (Phi) is 7.35. The van der Waals surface area contributed by atoms with Gasteiger partial charge >= 0.3 is 0 Å². The van der Waals surface area contributed by atoms with Crippen molar-refractivity contribution in [3.63, 3.8) is 0 Å². The SMILES string of the molecule is COc1ccc(CCNC(=O)[C@H]2Cc3cc([N+](=O)[O-])ccc3N3CCN(c4ccccc4OC)C[C@@H]23)cc1. The zero-order valence-corrected chi connectivity index (χ0v) is 21.6. The van der Waals surface area contributed by atoms with Crippen molar-refractivity contribution in [1.82, 2.24) is 5.32 Å². The van der Waals surface area contributed by atoms with Crippen molar-refractivity contribution in [1.29, 1.82) is 0 Å². The number of rotatable bonds is 8. The molecule has 2 aliphatic rings. The molecule has 1 N–H and O–H groups in total. The van der Waals surface area contributed by atoms with Crippen LogP contribution < -0.4 is 24.6 Å². The molecule has 0 radical (unpaired) electrons. The van der Waals surface area contributed by atoms with Gasteiger partial charge < -0.3 is 24.6 Å². The fourth-order valence-electron chi connectivity index (χ4n) is 5.59. The van der Waals surface area contributed by atoms with Crippen molar-refractivity contribution in [3.8, 4) is 11.5 Å². The number of methoxy groups -OCH3 is 2. The van der Waals surface area contributed by atoms with Gasteiger partial charge in [0.25, 0.3) is 5.69 Å². The van der Waals surface area contributed by atoms with E-state index in [-0.39, 0.29) is 28.5 Å². The second-order valence-electron chi connectivity index (χ2n) is 9.65. The van der Waals surface area contributed by atoms with E-state index in [1.165, 1.54) is 0 Å². The van der Waals surface area contributed by atoms with E-state index < -0.39 is 0 Å². The number of benzene rings is 3. The Bertz CT molecular complexity index is 1310. The molecule has 198 valence electrons. The van der Waals surface area contributed by atoms with E-state index in [1.807, 2.05) is 54.6 Å². The Balaban J connectivity index is 1.37. The number of para-hydroxylation sites is 2. The van der Waals surface area contributed by atoms with E-state index in [9.17, 15) is 14.9 Å². The molecule has 5 rings (SSSR count). The third-order valence-electron chi connectivity index (χ3n) is 7.54. The summed E-state index contributed by atoms with van der Waals surface area (Å²) in [6, 6.07) is 20.7. The lowest BCUT2D eigenvalue weighted by atomic mass is 9.83. The van der Waals surface area contributed by atoms with Gasteiger partial charge in [0, 0.05) is 44.0 Å². The number of ether oxygens (including phenoxy) is 2. The van der Waals surface area contributed by atoms with Gasteiger partial charge in [-0.25, -0.2) is 0 Å². The molecule has 3 aromatic rings. The van der Waals surface area contributed by atoms with E-state index in [2.05, 4.69) is 15.1 Å². The molecule has 0 aromatic heterocycles. The van der Waals surface area contributed by atoms with E-state index in [4.69, 9.17) is 9.47 Å². The summed E-state index contributed by atoms with van der Waals surface area (Å²) in [7, 11) is 3.30. The average molecular weight is 517 g/mol. The zero-order chi connectivity index (χ0) is 26.6. The molecule has 2 aliphatic heterocycles. The first-order valence-electron chi connectivity index (χ1n) is 12.8. The number of nitro benzene ring substituents is 1. The van der Waals surface area contributed by atoms with Gasteiger partial charge in [0.2, 0.25) is 5.91 Å². The highest BCUT2D eigenvalue weighted by Gasteiger charge is 2.42. The van der Waals surface area contributed by atoms with Crippen LogP contribution in [0.3, 0.4) is 0 Å². The first kappa shape index (κ1) is 25.4. The number of hydrogen-bond donors (Lipinski definition) is 1. The fourth-order valence-corrected chi connectivity index (χ4v) is 5.59. The van der Waals surface area contributed by atoms with Crippen molar-refractivity contribution >= 4 is 23.0 Å². The lowest BCUT2D eigenvalue weighted by molar-refractivity contribution is -0.384. The maximum absolute atomic E-state index is 13.6. The number of hydrogen-bond acceptors (Lipinski definition) is 7. The number of carbonyl (C=O) groups is 1. The summed E-state index contributed by atoms with van der Waals surface area (Å²) >= 11 is 0. The molecule has 0 spiro atoms. The molecule has 2 heterocycles. The molecule has 0 unspecified atom stereocenters. The topological polar surface area (TPSA) is 97.2 Å². The number of anilines is 2. The van der Waals surface area contributed by atoms with Crippen molar-refractivity contribution in [2.75, 3.05) is 50.2 Å². The normalized spacial score (nSPS) is 18.3. The fraction of sp³-hybridized carbons (Fsp3) is 0.345. The minimum atomic E-state index is -0.379. The van der Waals surface area contributed by atoms with Gasteiger partial charge in [-0.05, 0) is 54.3 Å². The van der Waals surface area contributed by atoms with Crippen LogP contribution in [0.15, 0.2) is 66.7 Å². The van der Waals surface area contributed by atoms with E-state index in [0.717, 1.165) is 40.5 Å².